The lowest BCUT2D eigenvalue weighted by molar-refractivity contribution is 0.0952. The maximum Gasteiger partial charge on any atom is 0.255 e. The summed E-state index contributed by atoms with van der Waals surface area (Å²) in [4.78, 5) is 12.1. The molecule has 0 aliphatic heterocycles. The van der Waals surface area contributed by atoms with Crippen LogP contribution in [0.4, 0.5) is 0 Å². The summed E-state index contributed by atoms with van der Waals surface area (Å²) in [6.07, 6.45) is 2.43. The Kier molecular flexibility index (Phi) is 8.58. The topological polar surface area (TPSA) is 58.6 Å². The molecular formula is C15H21NO3S. The summed E-state index contributed by atoms with van der Waals surface area (Å²) in [6.45, 7) is 4.78. The molecule has 5 heteroatoms. The van der Waals surface area contributed by atoms with E-state index in [1.165, 1.54) is 0 Å². The van der Waals surface area contributed by atoms with Gasteiger partial charge in [-0.3, -0.25) is 4.79 Å². The number of aliphatic hydroxyl groups excluding tert-OH is 1. The highest BCUT2D eigenvalue weighted by atomic mass is 32.2. The summed E-state index contributed by atoms with van der Waals surface area (Å²) in [5, 5.41) is 11.5. The second kappa shape index (κ2) is 10.3. The van der Waals surface area contributed by atoms with Crippen LogP contribution in [0.1, 0.15) is 16.8 Å². The molecule has 0 saturated carbocycles. The van der Waals surface area contributed by atoms with E-state index in [2.05, 4.69) is 11.9 Å². The average molecular weight is 295 g/mol. The van der Waals surface area contributed by atoms with Crippen molar-refractivity contribution in [2.45, 2.75) is 6.42 Å². The fourth-order valence-corrected chi connectivity index (χ4v) is 2.31. The molecule has 0 aliphatic carbocycles. The van der Waals surface area contributed by atoms with Gasteiger partial charge in [0.25, 0.3) is 5.91 Å². The van der Waals surface area contributed by atoms with Crippen molar-refractivity contribution in [1.29, 1.82) is 0 Å². The summed E-state index contributed by atoms with van der Waals surface area (Å²) >= 11 is 1.71. The average Bonchev–Trinajstić information content (AvgIpc) is 2.48. The molecular weight excluding hydrogens is 274 g/mol. The van der Waals surface area contributed by atoms with Crippen LogP contribution in [0.3, 0.4) is 0 Å². The zero-order chi connectivity index (χ0) is 14.6. The monoisotopic (exact) mass is 295 g/mol. The molecule has 0 radical (unpaired) electrons. The molecule has 4 nitrogen and oxygen atoms in total. The molecule has 0 saturated heterocycles. The fourth-order valence-electron chi connectivity index (χ4n) is 1.53. The third kappa shape index (κ3) is 6.12. The predicted molar refractivity (Wildman–Crippen MR) is 83.5 cm³/mol. The molecule has 1 aromatic rings. The zero-order valence-electron chi connectivity index (χ0n) is 11.5. The van der Waals surface area contributed by atoms with Gasteiger partial charge in [0.2, 0.25) is 0 Å². The molecule has 0 bridgehead atoms. The Morgan fingerprint density at radius 2 is 2.20 bits per heavy atom. The van der Waals surface area contributed by atoms with Gasteiger partial charge in [0.15, 0.2) is 0 Å². The van der Waals surface area contributed by atoms with Crippen molar-refractivity contribution in [2.24, 2.45) is 0 Å². The van der Waals surface area contributed by atoms with Crippen LogP contribution in [0.25, 0.3) is 0 Å². The molecule has 0 fully saturated rings. The smallest absolute Gasteiger partial charge is 0.255 e. The number of amides is 1. The Labute approximate surface area is 124 Å². The second-order valence-electron chi connectivity index (χ2n) is 4.04. The minimum Gasteiger partial charge on any atom is -0.489 e. The van der Waals surface area contributed by atoms with E-state index < -0.39 is 0 Å². The number of nitrogens with one attached hydrogen (secondary N) is 1. The Hall–Kier alpha value is -1.46. The molecule has 1 rings (SSSR count). The molecule has 0 atom stereocenters. The van der Waals surface area contributed by atoms with Crippen molar-refractivity contribution >= 4 is 17.7 Å². The normalized spacial score (nSPS) is 10.1. The Morgan fingerprint density at radius 1 is 1.40 bits per heavy atom. The van der Waals surface area contributed by atoms with Crippen molar-refractivity contribution in [3.8, 4) is 5.75 Å². The van der Waals surface area contributed by atoms with Gasteiger partial charge in [0, 0.05) is 18.9 Å². The number of hydrogen-bond acceptors (Lipinski definition) is 4. The number of ether oxygens (including phenoxy) is 1. The summed E-state index contributed by atoms with van der Waals surface area (Å²) in [5.74, 6) is 2.18. The molecule has 0 aromatic heterocycles. The number of hydrogen-bond donors (Lipinski definition) is 2. The standard InChI is InChI=1S/C15H21NO3S/c1-2-10-19-14-7-4-3-6-13(14)15(18)16-8-12-20-11-5-9-17/h2-4,6-7,17H,1,5,8-12H2,(H,16,18). The number of thioether (sulfide) groups is 1. The van der Waals surface area contributed by atoms with E-state index >= 15 is 0 Å². The summed E-state index contributed by atoms with van der Waals surface area (Å²) < 4.78 is 5.45. The van der Waals surface area contributed by atoms with E-state index in [-0.39, 0.29) is 12.5 Å². The van der Waals surface area contributed by atoms with Gasteiger partial charge in [-0.25, -0.2) is 0 Å². The maximum atomic E-state index is 12.1. The number of carbonyl (C=O) groups excluding carboxylic acids is 1. The van der Waals surface area contributed by atoms with E-state index in [1.54, 1.807) is 30.0 Å². The van der Waals surface area contributed by atoms with Gasteiger partial charge in [-0.2, -0.15) is 11.8 Å². The molecule has 0 unspecified atom stereocenters. The van der Waals surface area contributed by atoms with Crippen LogP contribution in [0.5, 0.6) is 5.75 Å². The molecule has 2 N–H and O–H groups in total. The van der Waals surface area contributed by atoms with E-state index in [0.29, 0.717) is 24.5 Å². The third-order valence-electron chi connectivity index (χ3n) is 2.47. The van der Waals surface area contributed by atoms with Gasteiger partial charge in [-0.05, 0) is 24.3 Å². The zero-order valence-corrected chi connectivity index (χ0v) is 12.3. The van der Waals surface area contributed by atoms with Gasteiger partial charge in [0.1, 0.15) is 12.4 Å². The van der Waals surface area contributed by atoms with Crippen LogP contribution < -0.4 is 10.1 Å². The van der Waals surface area contributed by atoms with Gasteiger partial charge in [-0.1, -0.05) is 24.8 Å². The van der Waals surface area contributed by atoms with Crippen LogP contribution in [0, 0.1) is 0 Å². The molecule has 0 spiro atoms. The Bertz CT molecular complexity index is 423. The number of benzene rings is 1. The first-order valence-corrected chi connectivity index (χ1v) is 7.74. The third-order valence-corrected chi connectivity index (χ3v) is 3.54. The molecule has 0 aliphatic rings. The van der Waals surface area contributed by atoms with Crippen molar-refractivity contribution in [1.82, 2.24) is 5.32 Å². The maximum absolute atomic E-state index is 12.1. The summed E-state index contributed by atoms with van der Waals surface area (Å²) in [6, 6.07) is 7.16. The molecule has 110 valence electrons. The summed E-state index contributed by atoms with van der Waals surface area (Å²) in [5.41, 5.74) is 0.537. The van der Waals surface area contributed by atoms with Crippen LogP contribution in [-0.2, 0) is 0 Å². The molecule has 1 amide bonds. The predicted octanol–water partition coefficient (Wildman–Crippen LogP) is 2.10. The van der Waals surface area contributed by atoms with E-state index in [4.69, 9.17) is 9.84 Å². The lowest BCUT2D eigenvalue weighted by atomic mass is 10.2. The van der Waals surface area contributed by atoms with Gasteiger partial charge >= 0.3 is 0 Å². The lowest BCUT2D eigenvalue weighted by Gasteiger charge is -2.10. The van der Waals surface area contributed by atoms with Crippen molar-refractivity contribution in [3.05, 3.63) is 42.5 Å². The Morgan fingerprint density at radius 3 is 2.95 bits per heavy atom. The highest BCUT2D eigenvalue weighted by molar-refractivity contribution is 7.99. The lowest BCUT2D eigenvalue weighted by Crippen LogP contribution is -2.26. The van der Waals surface area contributed by atoms with E-state index in [0.717, 1.165) is 17.9 Å². The number of rotatable bonds is 10. The number of para-hydroxylation sites is 1. The van der Waals surface area contributed by atoms with Crippen LogP contribution in [0.15, 0.2) is 36.9 Å². The first-order chi connectivity index (χ1) is 9.79. The van der Waals surface area contributed by atoms with E-state index in [9.17, 15) is 4.79 Å². The molecule has 1 aromatic carbocycles. The Balaban J connectivity index is 2.40. The highest BCUT2D eigenvalue weighted by Gasteiger charge is 2.10. The van der Waals surface area contributed by atoms with Crippen LogP contribution >= 0.6 is 11.8 Å². The summed E-state index contributed by atoms with van der Waals surface area (Å²) in [7, 11) is 0. The molecule has 0 heterocycles. The van der Waals surface area contributed by atoms with Crippen molar-refractivity contribution in [2.75, 3.05) is 31.3 Å². The van der Waals surface area contributed by atoms with E-state index in [1.807, 2.05) is 12.1 Å². The minimum atomic E-state index is -0.132. The van der Waals surface area contributed by atoms with Crippen LogP contribution in [0.2, 0.25) is 0 Å². The van der Waals surface area contributed by atoms with Crippen molar-refractivity contribution in [3.63, 3.8) is 0 Å². The van der Waals surface area contributed by atoms with Gasteiger partial charge in [-0.15, -0.1) is 0 Å². The quantitative estimate of drug-likeness (QED) is 0.513. The highest BCUT2D eigenvalue weighted by Crippen LogP contribution is 2.17. The molecule has 20 heavy (non-hydrogen) atoms. The first-order valence-electron chi connectivity index (χ1n) is 6.59. The van der Waals surface area contributed by atoms with Gasteiger partial charge in [0.05, 0.1) is 5.56 Å². The SMILES string of the molecule is C=CCOc1ccccc1C(=O)NCCSCCCO. The van der Waals surface area contributed by atoms with Crippen molar-refractivity contribution < 1.29 is 14.6 Å². The number of aliphatic hydroxyl groups is 1. The largest absolute Gasteiger partial charge is 0.489 e. The first kappa shape index (κ1) is 16.6. The second-order valence-corrected chi connectivity index (χ2v) is 5.27. The van der Waals surface area contributed by atoms with Crippen LogP contribution in [-0.4, -0.2) is 42.3 Å². The minimum absolute atomic E-state index is 0.132. The number of carbonyl (C=O) groups is 1. The fraction of sp³-hybridized carbons (Fsp3) is 0.400. The van der Waals surface area contributed by atoms with Gasteiger partial charge < -0.3 is 15.2 Å².